The van der Waals surface area contributed by atoms with Crippen LogP contribution in [0.5, 0.6) is 0 Å². The predicted octanol–water partition coefficient (Wildman–Crippen LogP) is 4.34. The van der Waals surface area contributed by atoms with Gasteiger partial charge in [0.15, 0.2) is 16.4 Å². The van der Waals surface area contributed by atoms with Crippen LogP contribution in [0.3, 0.4) is 0 Å². The van der Waals surface area contributed by atoms with Gasteiger partial charge in [-0.05, 0) is 37.2 Å². The summed E-state index contributed by atoms with van der Waals surface area (Å²) in [7, 11) is 0. The Bertz CT molecular complexity index is 596. The molecule has 0 atom stereocenters. The van der Waals surface area contributed by atoms with Crippen molar-refractivity contribution in [3.8, 4) is 0 Å². The lowest BCUT2D eigenvalue weighted by molar-refractivity contribution is 0.463. The maximum atomic E-state index is 13.8. The molecule has 1 heterocycles. The van der Waals surface area contributed by atoms with Gasteiger partial charge >= 0.3 is 0 Å². The smallest absolute Gasteiger partial charge is 0.184 e. The normalized spacial score (nSPS) is 11.6. The van der Waals surface area contributed by atoms with Gasteiger partial charge in [0, 0.05) is 6.04 Å². The molecule has 17 heavy (non-hydrogen) atoms. The fourth-order valence-electron chi connectivity index (χ4n) is 2.16. The van der Waals surface area contributed by atoms with E-state index in [2.05, 4.69) is 4.98 Å². The lowest BCUT2D eigenvalue weighted by Gasteiger charge is -2.15. The lowest BCUT2D eigenvalue weighted by Crippen LogP contribution is -2.08. The highest BCUT2D eigenvalue weighted by molar-refractivity contribution is 7.71. The van der Waals surface area contributed by atoms with E-state index >= 15 is 0 Å². The molecule has 0 aliphatic carbocycles. The average Bonchev–Trinajstić information content (AvgIpc) is 2.64. The lowest BCUT2D eigenvalue weighted by atomic mass is 10.1. The summed E-state index contributed by atoms with van der Waals surface area (Å²) in [5.41, 5.74) is 0.782. The van der Waals surface area contributed by atoms with Gasteiger partial charge in [0.1, 0.15) is 5.52 Å². The van der Waals surface area contributed by atoms with Crippen molar-refractivity contribution in [3.63, 3.8) is 0 Å². The van der Waals surface area contributed by atoms with E-state index in [-0.39, 0.29) is 11.6 Å². The van der Waals surface area contributed by atoms with Gasteiger partial charge < -0.3 is 9.55 Å². The number of rotatable bonds is 3. The van der Waals surface area contributed by atoms with Gasteiger partial charge in [0.25, 0.3) is 0 Å². The Morgan fingerprint density at radius 1 is 1.29 bits per heavy atom. The number of benzene rings is 1. The molecular formula is C12H14F2N2S. The first-order chi connectivity index (χ1) is 8.10. The molecule has 2 nitrogen and oxygen atoms in total. The molecule has 0 saturated heterocycles. The fourth-order valence-corrected chi connectivity index (χ4v) is 2.51. The number of aromatic amines is 1. The molecule has 0 saturated carbocycles. The molecule has 2 rings (SSSR count). The second-order valence-corrected chi connectivity index (χ2v) is 4.41. The number of nitrogens with zero attached hydrogens (tertiary/aromatic N) is 1. The Kier molecular flexibility index (Phi) is 3.28. The largest absolute Gasteiger partial charge is 0.330 e. The molecule has 1 aromatic carbocycles. The Balaban J connectivity index is 2.82. The maximum Gasteiger partial charge on any atom is 0.184 e. The van der Waals surface area contributed by atoms with Gasteiger partial charge in [0.2, 0.25) is 0 Å². The summed E-state index contributed by atoms with van der Waals surface area (Å²) in [5.74, 6) is -1.67. The minimum Gasteiger partial charge on any atom is -0.330 e. The van der Waals surface area contributed by atoms with E-state index in [1.54, 1.807) is 4.57 Å². The molecule has 0 aliphatic heterocycles. The molecule has 0 aliphatic rings. The number of fused-ring (bicyclic) bond motifs is 1. The van der Waals surface area contributed by atoms with E-state index in [9.17, 15) is 8.78 Å². The highest BCUT2D eigenvalue weighted by atomic mass is 32.1. The standard InChI is InChI=1S/C12H14F2N2S/c1-3-7(4-2)16-11-9(15-12(16)17)6-5-8(13)10(11)14/h5-7H,3-4H2,1-2H3,(H,15,17). The first kappa shape index (κ1) is 12.2. The van der Waals surface area contributed by atoms with Crippen molar-refractivity contribution in [2.45, 2.75) is 32.7 Å². The summed E-state index contributed by atoms with van der Waals surface area (Å²) < 4.78 is 29.2. The van der Waals surface area contributed by atoms with Gasteiger partial charge in [-0.15, -0.1) is 0 Å². The summed E-state index contributed by atoms with van der Waals surface area (Å²) >= 11 is 5.18. The summed E-state index contributed by atoms with van der Waals surface area (Å²) in [6, 6.07) is 2.72. The van der Waals surface area contributed by atoms with E-state index < -0.39 is 11.6 Å². The Morgan fingerprint density at radius 3 is 2.53 bits per heavy atom. The highest BCUT2D eigenvalue weighted by Gasteiger charge is 2.17. The van der Waals surface area contributed by atoms with Crippen LogP contribution in [0.1, 0.15) is 32.7 Å². The number of aromatic nitrogens is 2. The van der Waals surface area contributed by atoms with Crippen LogP contribution >= 0.6 is 12.2 Å². The third kappa shape index (κ3) is 1.88. The summed E-state index contributed by atoms with van der Waals surface area (Å²) in [6.07, 6.45) is 1.65. The summed E-state index contributed by atoms with van der Waals surface area (Å²) in [6.45, 7) is 4.01. The molecular weight excluding hydrogens is 242 g/mol. The SMILES string of the molecule is CCC(CC)n1c(=S)[nH]c2ccc(F)c(F)c21. The van der Waals surface area contributed by atoms with Crippen LogP contribution in [-0.2, 0) is 0 Å². The highest BCUT2D eigenvalue weighted by Crippen LogP contribution is 2.26. The number of hydrogen-bond donors (Lipinski definition) is 1. The predicted molar refractivity (Wildman–Crippen MR) is 66.7 cm³/mol. The van der Waals surface area contributed by atoms with Crippen LogP contribution in [0.2, 0.25) is 0 Å². The quantitative estimate of drug-likeness (QED) is 0.810. The number of nitrogens with one attached hydrogen (secondary N) is 1. The van der Waals surface area contributed by atoms with Crippen molar-refractivity contribution in [1.29, 1.82) is 0 Å². The third-order valence-electron chi connectivity index (χ3n) is 3.08. The minimum absolute atomic E-state index is 0.0903. The monoisotopic (exact) mass is 256 g/mol. The maximum absolute atomic E-state index is 13.8. The number of imidazole rings is 1. The van der Waals surface area contributed by atoms with Crippen molar-refractivity contribution in [2.75, 3.05) is 0 Å². The van der Waals surface area contributed by atoms with Gasteiger partial charge in [-0.2, -0.15) is 0 Å². The van der Waals surface area contributed by atoms with E-state index in [1.165, 1.54) is 6.07 Å². The van der Waals surface area contributed by atoms with Crippen molar-refractivity contribution in [1.82, 2.24) is 9.55 Å². The van der Waals surface area contributed by atoms with E-state index in [0.29, 0.717) is 10.3 Å². The Hall–Kier alpha value is -1.23. The topological polar surface area (TPSA) is 20.7 Å². The van der Waals surface area contributed by atoms with Gasteiger partial charge in [-0.3, -0.25) is 0 Å². The minimum atomic E-state index is -0.841. The van der Waals surface area contributed by atoms with Gasteiger partial charge in [0.05, 0.1) is 5.52 Å². The second kappa shape index (κ2) is 4.56. The number of hydrogen-bond acceptors (Lipinski definition) is 1. The van der Waals surface area contributed by atoms with Crippen LogP contribution in [0, 0.1) is 16.4 Å². The Labute approximate surface area is 103 Å². The van der Waals surface area contributed by atoms with Crippen molar-refractivity contribution in [2.24, 2.45) is 0 Å². The molecule has 0 bridgehead atoms. The molecule has 0 radical (unpaired) electrons. The van der Waals surface area contributed by atoms with Crippen LogP contribution in [0.15, 0.2) is 12.1 Å². The van der Waals surface area contributed by atoms with E-state index in [4.69, 9.17) is 12.2 Å². The van der Waals surface area contributed by atoms with Gasteiger partial charge in [-0.25, -0.2) is 8.78 Å². The molecule has 0 fully saturated rings. The summed E-state index contributed by atoms with van der Waals surface area (Å²) in [4.78, 5) is 2.92. The number of H-pyrrole nitrogens is 1. The van der Waals surface area contributed by atoms with Crippen molar-refractivity contribution in [3.05, 3.63) is 28.5 Å². The average molecular weight is 256 g/mol. The van der Waals surface area contributed by atoms with Crippen LogP contribution in [-0.4, -0.2) is 9.55 Å². The molecule has 5 heteroatoms. The molecule has 0 unspecified atom stereocenters. The Morgan fingerprint density at radius 2 is 1.94 bits per heavy atom. The zero-order chi connectivity index (χ0) is 12.6. The third-order valence-corrected chi connectivity index (χ3v) is 3.38. The van der Waals surface area contributed by atoms with Crippen LogP contribution < -0.4 is 0 Å². The first-order valence-electron chi connectivity index (χ1n) is 5.68. The van der Waals surface area contributed by atoms with E-state index in [0.717, 1.165) is 18.9 Å². The molecule has 0 spiro atoms. The second-order valence-electron chi connectivity index (χ2n) is 4.03. The molecule has 1 N–H and O–H groups in total. The zero-order valence-corrected chi connectivity index (χ0v) is 10.6. The number of halogens is 2. The fraction of sp³-hybridized carbons (Fsp3) is 0.417. The molecule has 2 aromatic rings. The van der Waals surface area contributed by atoms with Crippen molar-refractivity contribution >= 4 is 23.3 Å². The van der Waals surface area contributed by atoms with E-state index in [1.807, 2.05) is 13.8 Å². The van der Waals surface area contributed by atoms with Crippen molar-refractivity contribution < 1.29 is 8.78 Å². The summed E-state index contributed by atoms with van der Waals surface area (Å²) in [5, 5.41) is 0. The zero-order valence-electron chi connectivity index (χ0n) is 9.76. The molecule has 1 aromatic heterocycles. The van der Waals surface area contributed by atoms with Crippen LogP contribution in [0.4, 0.5) is 8.78 Å². The molecule has 0 amide bonds. The van der Waals surface area contributed by atoms with Crippen LogP contribution in [0.25, 0.3) is 11.0 Å². The first-order valence-corrected chi connectivity index (χ1v) is 6.09. The van der Waals surface area contributed by atoms with Gasteiger partial charge in [-0.1, -0.05) is 13.8 Å². The molecule has 92 valence electrons.